The molecule has 0 saturated carbocycles. The first-order valence-corrected chi connectivity index (χ1v) is 8.17. The van der Waals surface area contributed by atoms with Crippen molar-refractivity contribution in [2.75, 3.05) is 31.1 Å². The molecule has 0 aromatic heterocycles. The van der Waals surface area contributed by atoms with Gasteiger partial charge in [-0.1, -0.05) is 15.9 Å². The number of benzene rings is 1. The number of nitrogens with one attached hydrogen (secondary N) is 1. The van der Waals surface area contributed by atoms with Crippen LogP contribution >= 0.6 is 15.9 Å². The fourth-order valence-electron chi connectivity index (χ4n) is 3.63. The summed E-state index contributed by atoms with van der Waals surface area (Å²) in [5, 5.41) is 12.7. The van der Waals surface area contributed by atoms with E-state index in [1.54, 1.807) is 0 Å². The van der Waals surface area contributed by atoms with Crippen molar-refractivity contribution in [3.8, 4) is 6.07 Å². The van der Waals surface area contributed by atoms with Crippen LogP contribution < -0.4 is 10.2 Å². The second kappa shape index (κ2) is 5.75. The monoisotopic (exact) mass is 333 g/mol. The van der Waals surface area contributed by atoms with Crippen LogP contribution in [0.4, 0.5) is 5.69 Å². The van der Waals surface area contributed by atoms with Crippen molar-refractivity contribution in [3.63, 3.8) is 0 Å². The van der Waals surface area contributed by atoms with E-state index < -0.39 is 0 Å². The van der Waals surface area contributed by atoms with Gasteiger partial charge in [0.1, 0.15) is 0 Å². The fraction of sp³-hybridized carbons (Fsp3) is 0.562. The summed E-state index contributed by atoms with van der Waals surface area (Å²) in [5.74, 6) is 0. The zero-order valence-electron chi connectivity index (χ0n) is 11.7. The summed E-state index contributed by atoms with van der Waals surface area (Å²) in [5.41, 5.74) is 2.35. The minimum Gasteiger partial charge on any atom is -0.371 e. The first-order valence-electron chi connectivity index (χ1n) is 7.37. The number of rotatable bonds is 1. The lowest BCUT2D eigenvalue weighted by molar-refractivity contribution is 0.173. The summed E-state index contributed by atoms with van der Waals surface area (Å²) in [6.45, 7) is 4.52. The molecule has 1 N–H and O–H groups in total. The fourth-order valence-corrected chi connectivity index (χ4v) is 4.11. The van der Waals surface area contributed by atoms with Gasteiger partial charge < -0.3 is 10.2 Å². The highest BCUT2D eigenvalue weighted by Gasteiger charge is 2.36. The standard InChI is InChI=1S/C16H20BrN3/c17-14-7-13(10-18)8-15(9-14)20-6-2-4-16(12-20)3-1-5-19-11-16/h7-9,19H,1-6,11-12H2. The molecule has 1 atom stereocenters. The Bertz CT molecular complexity index is 524. The predicted molar refractivity (Wildman–Crippen MR) is 84.8 cm³/mol. The van der Waals surface area contributed by atoms with Gasteiger partial charge in [0, 0.05) is 35.2 Å². The lowest BCUT2D eigenvalue weighted by Gasteiger charge is -2.46. The molecular formula is C16H20BrN3. The second-order valence-electron chi connectivity index (χ2n) is 6.12. The van der Waals surface area contributed by atoms with Crippen molar-refractivity contribution >= 4 is 21.6 Å². The Morgan fingerprint density at radius 3 is 2.85 bits per heavy atom. The molecule has 0 amide bonds. The number of halogens is 1. The smallest absolute Gasteiger partial charge is 0.0992 e. The molecule has 3 rings (SSSR count). The highest BCUT2D eigenvalue weighted by atomic mass is 79.9. The van der Waals surface area contributed by atoms with Crippen molar-refractivity contribution in [3.05, 3.63) is 28.2 Å². The molecule has 0 aliphatic carbocycles. The number of hydrogen-bond donors (Lipinski definition) is 1. The molecule has 20 heavy (non-hydrogen) atoms. The van der Waals surface area contributed by atoms with E-state index in [1.807, 2.05) is 12.1 Å². The van der Waals surface area contributed by atoms with Crippen LogP contribution in [0.5, 0.6) is 0 Å². The summed E-state index contributed by atoms with van der Waals surface area (Å²) < 4.78 is 0.993. The van der Waals surface area contributed by atoms with Gasteiger partial charge in [-0.15, -0.1) is 0 Å². The molecule has 0 bridgehead atoms. The molecule has 4 heteroatoms. The van der Waals surface area contributed by atoms with E-state index in [0.717, 1.165) is 36.2 Å². The molecule has 1 spiro atoms. The topological polar surface area (TPSA) is 39.1 Å². The molecule has 2 saturated heterocycles. The summed E-state index contributed by atoms with van der Waals surface area (Å²) in [7, 11) is 0. The minimum absolute atomic E-state index is 0.436. The van der Waals surface area contributed by atoms with Gasteiger partial charge >= 0.3 is 0 Å². The van der Waals surface area contributed by atoms with Crippen molar-refractivity contribution in [2.24, 2.45) is 5.41 Å². The first kappa shape index (κ1) is 13.9. The Morgan fingerprint density at radius 2 is 2.10 bits per heavy atom. The normalized spacial score (nSPS) is 26.5. The van der Waals surface area contributed by atoms with Crippen LogP contribution in [0.2, 0.25) is 0 Å². The van der Waals surface area contributed by atoms with Gasteiger partial charge in [-0.2, -0.15) is 5.26 Å². The molecule has 1 unspecified atom stereocenters. The number of anilines is 1. The van der Waals surface area contributed by atoms with E-state index in [-0.39, 0.29) is 0 Å². The van der Waals surface area contributed by atoms with E-state index in [2.05, 4.69) is 38.3 Å². The third kappa shape index (κ3) is 2.84. The number of piperidine rings is 2. The zero-order chi connectivity index (χ0) is 14.0. The summed E-state index contributed by atoms with van der Waals surface area (Å²) in [6.07, 6.45) is 5.19. The maximum atomic E-state index is 9.13. The minimum atomic E-state index is 0.436. The van der Waals surface area contributed by atoms with E-state index >= 15 is 0 Å². The quantitative estimate of drug-likeness (QED) is 0.857. The van der Waals surface area contributed by atoms with Crippen LogP contribution in [0.1, 0.15) is 31.2 Å². The summed E-state index contributed by atoms with van der Waals surface area (Å²) in [6, 6.07) is 8.28. The molecule has 2 heterocycles. The second-order valence-corrected chi connectivity index (χ2v) is 7.03. The van der Waals surface area contributed by atoms with Gasteiger partial charge in [0.05, 0.1) is 11.6 Å². The van der Waals surface area contributed by atoms with E-state index in [4.69, 9.17) is 5.26 Å². The van der Waals surface area contributed by atoms with Gasteiger partial charge in [-0.25, -0.2) is 0 Å². The Kier molecular flexibility index (Phi) is 4.00. The highest BCUT2D eigenvalue weighted by Crippen LogP contribution is 2.38. The molecular weight excluding hydrogens is 314 g/mol. The SMILES string of the molecule is N#Cc1cc(Br)cc(N2CCCC3(CCCNC3)C2)c1. The van der Waals surface area contributed by atoms with Crippen LogP contribution in [-0.2, 0) is 0 Å². The summed E-state index contributed by atoms with van der Waals surface area (Å²) in [4.78, 5) is 2.46. The van der Waals surface area contributed by atoms with Crippen LogP contribution in [0, 0.1) is 16.7 Å². The van der Waals surface area contributed by atoms with Crippen LogP contribution in [0.25, 0.3) is 0 Å². The van der Waals surface area contributed by atoms with Gasteiger partial charge in [-0.05, 0) is 50.4 Å². The van der Waals surface area contributed by atoms with Crippen LogP contribution in [0.15, 0.2) is 22.7 Å². The molecule has 2 aliphatic heterocycles. The lowest BCUT2D eigenvalue weighted by atomic mass is 9.74. The number of nitriles is 1. The van der Waals surface area contributed by atoms with Crippen molar-refractivity contribution < 1.29 is 0 Å². The third-order valence-electron chi connectivity index (χ3n) is 4.60. The molecule has 3 nitrogen and oxygen atoms in total. The molecule has 0 radical (unpaired) electrons. The summed E-state index contributed by atoms with van der Waals surface area (Å²) >= 11 is 3.52. The Balaban J connectivity index is 1.83. The van der Waals surface area contributed by atoms with E-state index in [9.17, 15) is 0 Å². The largest absolute Gasteiger partial charge is 0.371 e. The number of hydrogen-bond acceptors (Lipinski definition) is 3. The molecule has 1 aromatic rings. The van der Waals surface area contributed by atoms with E-state index in [0.29, 0.717) is 5.41 Å². The van der Waals surface area contributed by atoms with Gasteiger partial charge in [-0.3, -0.25) is 0 Å². The highest BCUT2D eigenvalue weighted by molar-refractivity contribution is 9.10. The molecule has 2 aliphatic rings. The first-order chi connectivity index (χ1) is 9.71. The maximum Gasteiger partial charge on any atom is 0.0992 e. The van der Waals surface area contributed by atoms with Gasteiger partial charge in [0.25, 0.3) is 0 Å². The van der Waals surface area contributed by atoms with Crippen LogP contribution in [0.3, 0.4) is 0 Å². The average Bonchev–Trinajstić information content (AvgIpc) is 2.47. The lowest BCUT2D eigenvalue weighted by Crippen LogP contribution is -2.51. The Labute approximate surface area is 129 Å². The molecule has 2 fully saturated rings. The van der Waals surface area contributed by atoms with Crippen molar-refractivity contribution in [2.45, 2.75) is 25.7 Å². The molecule has 106 valence electrons. The van der Waals surface area contributed by atoms with Gasteiger partial charge in [0.15, 0.2) is 0 Å². The van der Waals surface area contributed by atoms with E-state index in [1.165, 1.54) is 31.4 Å². The maximum absolute atomic E-state index is 9.13. The predicted octanol–water partition coefficient (Wildman–Crippen LogP) is 3.29. The average molecular weight is 334 g/mol. The third-order valence-corrected chi connectivity index (χ3v) is 5.06. The van der Waals surface area contributed by atoms with Gasteiger partial charge in [0.2, 0.25) is 0 Å². The molecule has 1 aromatic carbocycles. The Morgan fingerprint density at radius 1 is 1.25 bits per heavy atom. The number of nitrogens with zero attached hydrogens (tertiary/aromatic N) is 2. The van der Waals surface area contributed by atoms with Crippen molar-refractivity contribution in [1.29, 1.82) is 5.26 Å². The Hall–Kier alpha value is -1.05. The van der Waals surface area contributed by atoms with Crippen LogP contribution in [-0.4, -0.2) is 26.2 Å². The zero-order valence-corrected chi connectivity index (χ0v) is 13.2. The van der Waals surface area contributed by atoms with Crippen molar-refractivity contribution in [1.82, 2.24) is 5.32 Å².